The molecule has 0 fully saturated rings. The molecule has 0 radical (unpaired) electrons. The average Bonchev–Trinajstić information content (AvgIpc) is 2.26. The van der Waals surface area contributed by atoms with Crippen LogP contribution in [0.5, 0.6) is 0 Å². The molecular formula is C12H18ClNO4S2. The van der Waals surface area contributed by atoms with Crippen LogP contribution >= 0.6 is 10.7 Å². The molecule has 0 saturated carbocycles. The summed E-state index contributed by atoms with van der Waals surface area (Å²) in [4.78, 5) is -0.362. The molecule has 5 nitrogen and oxygen atoms in total. The molecule has 0 aliphatic carbocycles. The second-order valence-corrected chi connectivity index (χ2v) is 9.40. The molecule has 1 aromatic rings. The van der Waals surface area contributed by atoms with Gasteiger partial charge in [-0.1, -0.05) is 19.4 Å². The second-order valence-electron chi connectivity index (χ2n) is 5.15. The summed E-state index contributed by atoms with van der Waals surface area (Å²) in [5.74, 6) is 0. The van der Waals surface area contributed by atoms with E-state index in [0.717, 1.165) is 12.5 Å². The van der Waals surface area contributed by atoms with E-state index in [1.54, 1.807) is 13.8 Å². The SMILES string of the molecule is CCCC(C)(C)NS(=O)(=O)c1cccc(S(=O)(=O)Cl)c1. The fraction of sp³-hybridized carbons (Fsp3) is 0.500. The van der Waals surface area contributed by atoms with Crippen molar-refractivity contribution in [2.24, 2.45) is 0 Å². The maximum Gasteiger partial charge on any atom is 0.261 e. The highest BCUT2D eigenvalue weighted by Gasteiger charge is 2.26. The second kappa shape index (κ2) is 6.01. The van der Waals surface area contributed by atoms with Crippen molar-refractivity contribution in [2.75, 3.05) is 0 Å². The number of hydrogen-bond acceptors (Lipinski definition) is 4. The van der Waals surface area contributed by atoms with Gasteiger partial charge in [-0.05, 0) is 38.5 Å². The molecule has 0 unspecified atom stereocenters. The minimum atomic E-state index is -3.96. The first kappa shape index (κ1) is 17.4. The van der Waals surface area contributed by atoms with Crippen LogP contribution in [0.25, 0.3) is 0 Å². The molecule has 0 amide bonds. The minimum absolute atomic E-state index is 0.122. The summed E-state index contributed by atoms with van der Waals surface area (Å²) >= 11 is 0. The molecule has 0 spiro atoms. The van der Waals surface area contributed by atoms with Crippen molar-refractivity contribution in [3.05, 3.63) is 24.3 Å². The van der Waals surface area contributed by atoms with Crippen LogP contribution < -0.4 is 4.72 Å². The van der Waals surface area contributed by atoms with E-state index in [-0.39, 0.29) is 9.79 Å². The Morgan fingerprint density at radius 1 is 1.15 bits per heavy atom. The maximum absolute atomic E-state index is 12.3. The summed E-state index contributed by atoms with van der Waals surface area (Å²) in [5, 5.41) is 0. The lowest BCUT2D eigenvalue weighted by Gasteiger charge is -2.25. The van der Waals surface area contributed by atoms with Gasteiger partial charge in [0.2, 0.25) is 10.0 Å². The predicted molar refractivity (Wildman–Crippen MR) is 78.8 cm³/mol. The molecule has 1 N–H and O–H groups in total. The largest absolute Gasteiger partial charge is 0.261 e. The van der Waals surface area contributed by atoms with Crippen LogP contribution in [0, 0.1) is 0 Å². The van der Waals surface area contributed by atoms with E-state index in [4.69, 9.17) is 10.7 Å². The first-order valence-electron chi connectivity index (χ1n) is 6.07. The molecule has 1 rings (SSSR count). The summed E-state index contributed by atoms with van der Waals surface area (Å²) in [6.07, 6.45) is 1.49. The van der Waals surface area contributed by atoms with Gasteiger partial charge in [-0.15, -0.1) is 0 Å². The van der Waals surface area contributed by atoms with Crippen LogP contribution in [0.3, 0.4) is 0 Å². The lowest BCUT2D eigenvalue weighted by Crippen LogP contribution is -2.43. The van der Waals surface area contributed by atoms with Crippen LogP contribution in [-0.2, 0) is 19.1 Å². The maximum atomic E-state index is 12.3. The van der Waals surface area contributed by atoms with Crippen molar-refractivity contribution in [1.29, 1.82) is 0 Å². The quantitative estimate of drug-likeness (QED) is 0.807. The monoisotopic (exact) mass is 339 g/mol. The summed E-state index contributed by atoms with van der Waals surface area (Å²) in [5.41, 5.74) is -0.608. The smallest absolute Gasteiger partial charge is 0.207 e. The summed E-state index contributed by atoms with van der Waals surface area (Å²) < 4.78 is 49.6. The Morgan fingerprint density at radius 3 is 2.20 bits per heavy atom. The number of halogens is 1. The highest BCUT2D eigenvalue weighted by atomic mass is 35.7. The Morgan fingerprint density at radius 2 is 1.70 bits per heavy atom. The summed E-state index contributed by atoms with van der Waals surface area (Å²) in [7, 11) is -2.54. The number of benzene rings is 1. The van der Waals surface area contributed by atoms with E-state index < -0.39 is 24.6 Å². The molecule has 0 atom stereocenters. The summed E-state index contributed by atoms with van der Waals surface area (Å²) in [6.45, 7) is 5.50. The Balaban J connectivity index is 3.17. The highest BCUT2D eigenvalue weighted by Crippen LogP contribution is 2.21. The van der Waals surface area contributed by atoms with Crippen molar-refractivity contribution in [3.63, 3.8) is 0 Å². The third-order valence-electron chi connectivity index (χ3n) is 2.68. The summed E-state index contributed by atoms with van der Waals surface area (Å²) in [6, 6.07) is 4.97. The highest BCUT2D eigenvalue weighted by molar-refractivity contribution is 8.13. The standard InChI is InChI=1S/C12H18ClNO4S2/c1-4-8-12(2,3)14-20(17,18)11-7-5-6-10(9-11)19(13,15)16/h5-7,9,14H,4,8H2,1-3H3. The Kier molecular flexibility index (Phi) is 5.23. The van der Waals surface area contributed by atoms with Crippen LogP contribution in [-0.4, -0.2) is 22.4 Å². The Labute approximate surface area is 124 Å². The number of rotatable bonds is 6. The van der Waals surface area contributed by atoms with E-state index >= 15 is 0 Å². The predicted octanol–water partition coefficient (Wildman–Crippen LogP) is 2.47. The van der Waals surface area contributed by atoms with Crippen LogP contribution in [0.15, 0.2) is 34.1 Å². The van der Waals surface area contributed by atoms with Gasteiger partial charge in [0, 0.05) is 16.2 Å². The Bertz CT molecular complexity index is 681. The molecule has 0 saturated heterocycles. The first-order valence-corrected chi connectivity index (χ1v) is 9.86. The van der Waals surface area contributed by atoms with Crippen molar-refractivity contribution >= 4 is 29.8 Å². The molecule has 0 bridgehead atoms. The normalized spacial score (nSPS) is 13.4. The molecule has 20 heavy (non-hydrogen) atoms. The number of hydrogen-bond donors (Lipinski definition) is 1. The molecule has 1 aromatic carbocycles. The minimum Gasteiger partial charge on any atom is -0.207 e. The molecule has 0 aliphatic heterocycles. The molecule has 0 aliphatic rings. The fourth-order valence-corrected chi connectivity index (χ4v) is 4.25. The van der Waals surface area contributed by atoms with E-state index in [1.807, 2.05) is 6.92 Å². The lowest BCUT2D eigenvalue weighted by molar-refractivity contribution is 0.417. The first-order chi connectivity index (χ1) is 8.98. The molecule has 0 aromatic heterocycles. The van der Waals surface area contributed by atoms with Gasteiger partial charge in [0.05, 0.1) is 9.79 Å². The molecular weight excluding hydrogens is 322 g/mol. The average molecular weight is 340 g/mol. The zero-order valence-electron chi connectivity index (χ0n) is 11.6. The third kappa shape index (κ3) is 4.73. The van der Waals surface area contributed by atoms with E-state index in [9.17, 15) is 16.8 Å². The fourth-order valence-electron chi connectivity index (χ4n) is 1.89. The van der Waals surface area contributed by atoms with Gasteiger partial charge in [0.15, 0.2) is 0 Å². The van der Waals surface area contributed by atoms with Crippen molar-refractivity contribution in [1.82, 2.24) is 4.72 Å². The van der Waals surface area contributed by atoms with Gasteiger partial charge in [-0.3, -0.25) is 0 Å². The third-order valence-corrected chi connectivity index (χ3v) is 5.73. The van der Waals surface area contributed by atoms with Gasteiger partial charge in [-0.25, -0.2) is 21.6 Å². The lowest BCUT2D eigenvalue weighted by atomic mass is 10.0. The molecule has 8 heteroatoms. The molecule has 114 valence electrons. The van der Waals surface area contributed by atoms with Crippen LogP contribution in [0.4, 0.5) is 0 Å². The van der Waals surface area contributed by atoms with E-state index in [1.165, 1.54) is 18.2 Å². The van der Waals surface area contributed by atoms with Crippen molar-refractivity contribution in [2.45, 2.75) is 48.9 Å². The zero-order chi connectivity index (χ0) is 15.6. The Hall–Kier alpha value is -0.630. The molecule has 0 heterocycles. The van der Waals surface area contributed by atoms with Gasteiger partial charge in [0.25, 0.3) is 9.05 Å². The van der Waals surface area contributed by atoms with Gasteiger partial charge in [-0.2, -0.15) is 0 Å². The number of nitrogens with one attached hydrogen (secondary N) is 1. The number of sulfonamides is 1. The van der Waals surface area contributed by atoms with Crippen LogP contribution in [0.1, 0.15) is 33.6 Å². The van der Waals surface area contributed by atoms with Gasteiger partial charge >= 0.3 is 0 Å². The van der Waals surface area contributed by atoms with Crippen LogP contribution in [0.2, 0.25) is 0 Å². The van der Waals surface area contributed by atoms with Crippen molar-refractivity contribution < 1.29 is 16.8 Å². The zero-order valence-corrected chi connectivity index (χ0v) is 13.9. The van der Waals surface area contributed by atoms with Crippen molar-refractivity contribution in [3.8, 4) is 0 Å². The van der Waals surface area contributed by atoms with Gasteiger partial charge < -0.3 is 0 Å². The van der Waals surface area contributed by atoms with E-state index in [0.29, 0.717) is 6.42 Å². The van der Waals surface area contributed by atoms with Gasteiger partial charge in [0.1, 0.15) is 0 Å². The topological polar surface area (TPSA) is 80.3 Å². The van der Waals surface area contributed by atoms with E-state index in [2.05, 4.69) is 4.72 Å².